The highest BCUT2D eigenvalue weighted by molar-refractivity contribution is 5.97. The van der Waals surface area contributed by atoms with Gasteiger partial charge in [-0.3, -0.25) is 9.59 Å². The van der Waals surface area contributed by atoms with Crippen molar-refractivity contribution in [2.24, 2.45) is 11.8 Å². The largest absolute Gasteiger partial charge is 0.355 e. The predicted molar refractivity (Wildman–Crippen MR) is 74.0 cm³/mol. The monoisotopic (exact) mass is 261 g/mol. The number of hydrogen-bond donors (Lipinski definition) is 3. The Morgan fingerprint density at radius 2 is 2.11 bits per heavy atom. The minimum atomic E-state index is -0.160. The first-order valence-electron chi connectivity index (χ1n) is 6.45. The van der Waals surface area contributed by atoms with Crippen molar-refractivity contribution in [2.75, 3.05) is 25.5 Å². The van der Waals surface area contributed by atoms with Crippen molar-refractivity contribution < 1.29 is 9.59 Å². The zero-order valence-corrected chi connectivity index (χ0v) is 11.2. The van der Waals surface area contributed by atoms with E-state index in [0.29, 0.717) is 17.2 Å². The zero-order chi connectivity index (χ0) is 13.8. The van der Waals surface area contributed by atoms with Crippen molar-refractivity contribution in [3.63, 3.8) is 0 Å². The lowest BCUT2D eigenvalue weighted by molar-refractivity contribution is -0.121. The maximum absolute atomic E-state index is 12.1. The van der Waals surface area contributed by atoms with E-state index in [1.807, 2.05) is 6.92 Å². The fourth-order valence-corrected chi connectivity index (χ4v) is 2.02. The van der Waals surface area contributed by atoms with E-state index in [9.17, 15) is 9.59 Å². The molecule has 0 spiro atoms. The molecule has 5 heteroatoms. The van der Waals surface area contributed by atoms with Crippen molar-refractivity contribution in [2.45, 2.75) is 6.92 Å². The molecule has 3 N–H and O–H groups in total. The van der Waals surface area contributed by atoms with Crippen LogP contribution >= 0.6 is 0 Å². The highest BCUT2D eigenvalue weighted by Gasteiger charge is 2.28. The van der Waals surface area contributed by atoms with E-state index >= 15 is 0 Å². The number of rotatable bonds is 4. The smallest absolute Gasteiger partial charge is 0.251 e. The summed E-state index contributed by atoms with van der Waals surface area (Å²) in [6.45, 7) is 3.73. The van der Waals surface area contributed by atoms with Crippen LogP contribution in [0.15, 0.2) is 24.3 Å². The number of carbonyl (C=O) groups is 2. The number of hydrogen-bond acceptors (Lipinski definition) is 3. The second-order valence-corrected chi connectivity index (χ2v) is 4.86. The maximum Gasteiger partial charge on any atom is 0.251 e. The van der Waals surface area contributed by atoms with Crippen LogP contribution in [-0.4, -0.2) is 32.0 Å². The van der Waals surface area contributed by atoms with Gasteiger partial charge in [0.05, 0.1) is 0 Å². The number of anilines is 1. The fourth-order valence-electron chi connectivity index (χ4n) is 2.02. The lowest BCUT2D eigenvalue weighted by Gasteiger charge is -2.31. The van der Waals surface area contributed by atoms with E-state index in [4.69, 9.17) is 0 Å². The number of nitrogens with one attached hydrogen (secondary N) is 3. The van der Waals surface area contributed by atoms with Crippen molar-refractivity contribution in [1.29, 1.82) is 0 Å². The third-order valence-corrected chi connectivity index (χ3v) is 3.55. The zero-order valence-electron chi connectivity index (χ0n) is 11.2. The van der Waals surface area contributed by atoms with Gasteiger partial charge >= 0.3 is 0 Å². The molecule has 1 fully saturated rings. The molecule has 0 bridgehead atoms. The molecule has 1 atom stereocenters. The number of amides is 2. The molecule has 1 aromatic carbocycles. The highest BCUT2D eigenvalue weighted by atomic mass is 16.2. The van der Waals surface area contributed by atoms with E-state index in [1.54, 1.807) is 31.3 Å². The highest BCUT2D eigenvalue weighted by Crippen LogP contribution is 2.18. The van der Waals surface area contributed by atoms with Crippen LogP contribution in [0.3, 0.4) is 0 Å². The quantitative estimate of drug-likeness (QED) is 0.752. The summed E-state index contributed by atoms with van der Waals surface area (Å²) in [5.74, 6) is 0.222. The molecule has 2 amide bonds. The van der Waals surface area contributed by atoms with Gasteiger partial charge in [0.2, 0.25) is 5.91 Å². The van der Waals surface area contributed by atoms with Crippen molar-refractivity contribution >= 4 is 17.5 Å². The Hall–Kier alpha value is -1.88. The van der Waals surface area contributed by atoms with E-state index in [1.165, 1.54) is 0 Å². The maximum atomic E-state index is 12.1. The normalized spacial score (nSPS) is 16.3. The van der Waals surface area contributed by atoms with E-state index in [2.05, 4.69) is 16.0 Å². The third kappa shape index (κ3) is 3.12. The summed E-state index contributed by atoms with van der Waals surface area (Å²) < 4.78 is 0. The van der Waals surface area contributed by atoms with Crippen LogP contribution in [0.2, 0.25) is 0 Å². The lowest BCUT2D eigenvalue weighted by atomic mass is 9.88. The molecule has 2 rings (SSSR count). The molecule has 19 heavy (non-hydrogen) atoms. The summed E-state index contributed by atoms with van der Waals surface area (Å²) in [6.07, 6.45) is 0. The van der Waals surface area contributed by atoms with E-state index in [-0.39, 0.29) is 17.7 Å². The molecular weight excluding hydrogens is 242 g/mol. The van der Waals surface area contributed by atoms with Crippen LogP contribution in [0.25, 0.3) is 0 Å². The molecule has 5 nitrogen and oxygen atoms in total. The van der Waals surface area contributed by atoms with Crippen LogP contribution < -0.4 is 16.0 Å². The van der Waals surface area contributed by atoms with Crippen LogP contribution in [0.1, 0.15) is 17.3 Å². The molecule has 1 saturated heterocycles. The number of benzene rings is 1. The molecule has 1 aromatic rings. The molecule has 0 radical (unpaired) electrons. The van der Waals surface area contributed by atoms with E-state index < -0.39 is 0 Å². The molecule has 1 heterocycles. The molecule has 1 aliphatic heterocycles. The Morgan fingerprint density at radius 3 is 2.68 bits per heavy atom. The average molecular weight is 261 g/mol. The Labute approximate surface area is 112 Å². The van der Waals surface area contributed by atoms with Gasteiger partial charge in [0.1, 0.15) is 0 Å². The minimum absolute atomic E-state index is 0.000515. The topological polar surface area (TPSA) is 70.2 Å². The Morgan fingerprint density at radius 1 is 1.37 bits per heavy atom. The lowest BCUT2D eigenvalue weighted by Crippen LogP contribution is -2.48. The van der Waals surface area contributed by atoms with Crippen LogP contribution in [0.4, 0.5) is 5.69 Å². The first kappa shape index (κ1) is 13.5. The Balaban J connectivity index is 2.02. The standard InChI is InChI=1S/C14H19N3O2/c1-9(11-7-16-8-11)13(18)17-12-5-3-4-10(6-12)14(19)15-2/h3-6,9,11,16H,7-8H2,1-2H3,(H,15,19)(H,17,18). The predicted octanol–water partition coefficient (Wildman–Crippen LogP) is 0.840. The first-order chi connectivity index (χ1) is 9.11. The molecule has 1 aliphatic rings. The van der Waals surface area contributed by atoms with Gasteiger partial charge in [-0.1, -0.05) is 13.0 Å². The molecule has 0 aliphatic carbocycles. The molecule has 0 aromatic heterocycles. The summed E-state index contributed by atoms with van der Waals surface area (Å²) in [4.78, 5) is 23.6. The average Bonchev–Trinajstić information content (AvgIpc) is 2.36. The van der Waals surface area contributed by atoms with Crippen LogP contribution in [0, 0.1) is 11.8 Å². The van der Waals surface area contributed by atoms with Gasteiger partial charge in [-0.05, 0) is 37.2 Å². The summed E-state index contributed by atoms with van der Waals surface area (Å²) >= 11 is 0. The second-order valence-electron chi connectivity index (χ2n) is 4.86. The molecule has 0 saturated carbocycles. The van der Waals surface area contributed by atoms with E-state index in [0.717, 1.165) is 13.1 Å². The third-order valence-electron chi connectivity index (χ3n) is 3.55. The van der Waals surface area contributed by atoms with Crippen molar-refractivity contribution in [1.82, 2.24) is 10.6 Å². The number of carbonyl (C=O) groups excluding carboxylic acids is 2. The fraction of sp³-hybridized carbons (Fsp3) is 0.429. The minimum Gasteiger partial charge on any atom is -0.355 e. The molecule has 102 valence electrons. The van der Waals surface area contributed by atoms with Gasteiger partial charge in [-0.25, -0.2) is 0 Å². The SMILES string of the molecule is CNC(=O)c1cccc(NC(=O)C(C)C2CNC2)c1. The Kier molecular flexibility index (Phi) is 4.16. The van der Waals surface area contributed by atoms with Crippen molar-refractivity contribution in [3.8, 4) is 0 Å². The second kappa shape index (κ2) is 5.84. The summed E-state index contributed by atoms with van der Waals surface area (Å²) in [6, 6.07) is 6.95. The van der Waals surface area contributed by atoms with Gasteiger partial charge < -0.3 is 16.0 Å². The first-order valence-corrected chi connectivity index (χ1v) is 6.45. The molecular formula is C14H19N3O2. The summed E-state index contributed by atoms with van der Waals surface area (Å²) in [7, 11) is 1.58. The van der Waals surface area contributed by atoms with Gasteiger partial charge in [0, 0.05) is 24.2 Å². The van der Waals surface area contributed by atoms with Gasteiger partial charge in [0.15, 0.2) is 0 Å². The summed E-state index contributed by atoms with van der Waals surface area (Å²) in [5, 5.41) is 8.58. The van der Waals surface area contributed by atoms with Gasteiger partial charge in [-0.2, -0.15) is 0 Å². The Bertz CT molecular complexity index is 483. The van der Waals surface area contributed by atoms with Crippen molar-refractivity contribution in [3.05, 3.63) is 29.8 Å². The van der Waals surface area contributed by atoms with Gasteiger partial charge in [0.25, 0.3) is 5.91 Å². The van der Waals surface area contributed by atoms with Crippen LogP contribution in [0.5, 0.6) is 0 Å². The summed E-state index contributed by atoms with van der Waals surface area (Å²) in [5.41, 5.74) is 1.20. The van der Waals surface area contributed by atoms with Gasteiger partial charge in [-0.15, -0.1) is 0 Å². The molecule has 1 unspecified atom stereocenters. The van der Waals surface area contributed by atoms with Crippen LogP contribution in [-0.2, 0) is 4.79 Å².